The van der Waals surface area contributed by atoms with E-state index in [1.165, 1.54) is 20.0 Å². The van der Waals surface area contributed by atoms with Crippen molar-refractivity contribution in [2.75, 3.05) is 33.3 Å². The zero-order valence-corrected chi connectivity index (χ0v) is 12.2. The van der Waals surface area contributed by atoms with E-state index in [0.717, 1.165) is 32.6 Å². The first-order valence-electron chi connectivity index (χ1n) is 6.64. The van der Waals surface area contributed by atoms with Crippen molar-refractivity contribution in [2.24, 2.45) is 5.41 Å². The monoisotopic (exact) mass is 276 g/mol. The molecule has 0 radical (unpaired) electrons. The number of halogens is 1. The molecule has 2 heterocycles. The minimum atomic E-state index is -0.0726. The number of likely N-dealkylation sites (tertiary alicyclic amines) is 1. The van der Waals surface area contributed by atoms with E-state index in [2.05, 4.69) is 17.1 Å². The molecule has 0 spiro atoms. The molecule has 2 atom stereocenters. The van der Waals surface area contributed by atoms with Crippen LogP contribution in [0.3, 0.4) is 0 Å². The van der Waals surface area contributed by atoms with Gasteiger partial charge in [0.25, 0.3) is 0 Å². The highest BCUT2D eigenvalue weighted by molar-refractivity contribution is 5.85. The van der Waals surface area contributed by atoms with E-state index >= 15 is 0 Å². The van der Waals surface area contributed by atoms with Gasteiger partial charge in [0.2, 0.25) is 0 Å². The summed E-state index contributed by atoms with van der Waals surface area (Å²) in [4.78, 5) is 13.9. The lowest BCUT2D eigenvalue weighted by atomic mass is 9.89. The number of carbonyl (C=O) groups excluding carboxylic acids is 1. The Hall–Kier alpha value is -0.320. The summed E-state index contributed by atoms with van der Waals surface area (Å²) in [6.07, 6.45) is 4.15. The first kappa shape index (κ1) is 15.7. The first-order chi connectivity index (χ1) is 8.13. The molecule has 0 aliphatic carbocycles. The van der Waals surface area contributed by atoms with Crippen molar-refractivity contribution in [3.63, 3.8) is 0 Å². The van der Waals surface area contributed by atoms with Gasteiger partial charge in [0.1, 0.15) is 0 Å². The Morgan fingerprint density at radius 1 is 1.56 bits per heavy atom. The first-order valence-corrected chi connectivity index (χ1v) is 6.64. The molecule has 2 unspecified atom stereocenters. The fourth-order valence-electron chi connectivity index (χ4n) is 3.10. The van der Waals surface area contributed by atoms with Crippen LogP contribution < -0.4 is 5.32 Å². The lowest BCUT2D eigenvalue weighted by Crippen LogP contribution is -2.41. The standard InChI is InChI=1S/C13H24N2O2.ClH/c1-13(5-6-14-9-13)10-15-7-3-4-11(15)8-12(16)17-2;/h11,14H,3-10H2,1-2H3;1H. The second-order valence-electron chi connectivity index (χ2n) is 5.78. The van der Waals surface area contributed by atoms with Crippen LogP contribution in [0.4, 0.5) is 0 Å². The molecule has 18 heavy (non-hydrogen) atoms. The quantitative estimate of drug-likeness (QED) is 0.789. The maximum atomic E-state index is 11.4. The Kier molecular flexibility index (Phi) is 5.89. The van der Waals surface area contributed by atoms with Crippen LogP contribution in [0.1, 0.15) is 32.6 Å². The number of methoxy groups -OCH3 is 1. The zero-order valence-electron chi connectivity index (χ0n) is 11.4. The number of nitrogens with one attached hydrogen (secondary N) is 1. The zero-order chi connectivity index (χ0) is 12.3. The Labute approximate surface area is 116 Å². The summed E-state index contributed by atoms with van der Waals surface area (Å²) < 4.78 is 4.78. The molecule has 0 aromatic carbocycles. The van der Waals surface area contributed by atoms with Crippen LogP contribution in [0.5, 0.6) is 0 Å². The maximum absolute atomic E-state index is 11.4. The molecule has 0 amide bonds. The van der Waals surface area contributed by atoms with Crippen LogP contribution in [-0.2, 0) is 9.53 Å². The molecule has 2 saturated heterocycles. The predicted molar refractivity (Wildman–Crippen MR) is 74.1 cm³/mol. The Bertz CT molecular complexity index is 280. The van der Waals surface area contributed by atoms with Crippen molar-refractivity contribution in [1.82, 2.24) is 10.2 Å². The number of hydrogen-bond acceptors (Lipinski definition) is 4. The van der Waals surface area contributed by atoms with Crippen LogP contribution in [0.2, 0.25) is 0 Å². The van der Waals surface area contributed by atoms with Gasteiger partial charge in [-0.05, 0) is 37.8 Å². The topological polar surface area (TPSA) is 41.6 Å². The molecule has 2 aliphatic rings. The van der Waals surface area contributed by atoms with E-state index in [1.807, 2.05) is 0 Å². The molecule has 4 nitrogen and oxygen atoms in total. The van der Waals surface area contributed by atoms with Gasteiger partial charge < -0.3 is 10.1 Å². The fourth-order valence-corrected chi connectivity index (χ4v) is 3.10. The second-order valence-corrected chi connectivity index (χ2v) is 5.78. The van der Waals surface area contributed by atoms with Gasteiger partial charge in [-0.15, -0.1) is 12.4 Å². The summed E-state index contributed by atoms with van der Waals surface area (Å²) in [5, 5.41) is 3.44. The molecular formula is C13H25ClN2O2. The van der Waals surface area contributed by atoms with E-state index in [4.69, 9.17) is 4.74 Å². The van der Waals surface area contributed by atoms with Crippen LogP contribution in [-0.4, -0.2) is 50.2 Å². The molecule has 106 valence electrons. The highest BCUT2D eigenvalue weighted by Crippen LogP contribution is 2.30. The molecule has 2 rings (SSSR count). The lowest BCUT2D eigenvalue weighted by Gasteiger charge is -2.32. The molecule has 2 aliphatic heterocycles. The number of hydrogen-bond donors (Lipinski definition) is 1. The van der Waals surface area contributed by atoms with E-state index in [-0.39, 0.29) is 18.4 Å². The second kappa shape index (κ2) is 6.73. The van der Waals surface area contributed by atoms with Gasteiger partial charge in [-0.2, -0.15) is 0 Å². The number of carbonyl (C=O) groups is 1. The summed E-state index contributed by atoms with van der Waals surface area (Å²) >= 11 is 0. The van der Waals surface area contributed by atoms with Gasteiger partial charge in [0, 0.05) is 19.1 Å². The van der Waals surface area contributed by atoms with Crippen LogP contribution in [0, 0.1) is 5.41 Å². The molecule has 2 fully saturated rings. The van der Waals surface area contributed by atoms with Crippen molar-refractivity contribution < 1.29 is 9.53 Å². The third kappa shape index (κ3) is 3.84. The van der Waals surface area contributed by atoms with E-state index in [0.29, 0.717) is 17.9 Å². The van der Waals surface area contributed by atoms with Crippen LogP contribution >= 0.6 is 12.4 Å². The average Bonchev–Trinajstić information content (AvgIpc) is 2.89. The highest BCUT2D eigenvalue weighted by Gasteiger charge is 2.35. The van der Waals surface area contributed by atoms with Gasteiger partial charge in [-0.3, -0.25) is 9.69 Å². The third-order valence-electron chi connectivity index (χ3n) is 4.17. The summed E-state index contributed by atoms with van der Waals surface area (Å²) in [6.45, 7) is 6.83. The average molecular weight is 277 g/mol. The number of esters is 1. The lowest BCUT2D eigenvalue weighted by molar-refractivity contribution is -0.141. The molecule has 1 N–H and O–H groups in total. The van der Waals surface area contributed by atoms with E-state index < -0.39 is 0 Å². The van der Waals surface area contributed by atoms with Crippen molar-refractivity contribution in [2.45, 2.75) is 38.6 Å². The molecule has 0 aromatic heterocycles. The smallest absolute Gasteiger partial charge is 0.307 e. The minimum Gasteiger partial charge on any atom is -0.469 e. The van der Waals surface area contributed by atoms with Gasteiger partial charge in [0.15, 0.2) is 0 Å². The number of nitrogens with zero attached hydrogens (tertiary/aromatic N) is 1. The highest BCUT2D eigenvalue weighted by atomic mass is 35.5. The van der Waals surface area contributed by atoms with E-state index in [1.54, 1.807) is 0 Å². The summed E-state index contributed by atoms with van der Waals surface area (Å²) in [5.41, 5.74) is 0.388. The fraction of sp³-hybridized carbons (Fsp3) is 0.923. The van der Waals surface area contributed by atoms with Crippen molar-refractivity contribution in [3.05, 3.63) is 0 Å². The van der Waals surface area contributed by atoms with E-state index in [9.17, 15) is 4.79 Å². The van der Waals surface area contributed by atoms with Gasteiger partial charge in [-0.1, -0.05) is 6.92 Å². The van der Waals surface area contributed by atoms with Gasteiger partial charge >= 0.3 is 5.97 Å². The molecular weight excluding hydrogens is 252 g/mol. The Morgan fingerprint density at radius 3 is 2.94 bits per heavy atom. The SMILES string of the molecule is COC(=O)CC1CCCN1CC1(C)CCNC1.Cl. The van der Waals surface area contributed by atoms with Crippen LogP contribution in [0.25, 0.3) is 0 Å². The molecule has 5 heteroatoms. The summed E-state index contributed by atoms with van der Waals surface area (Å²) in [5.74, 6) is -0.0726. The Morgan fingerprint density at radius 2 is 2.33 bits per heavy atom. The molecule has 0 saturated carbocycles. The van der Waals surface area contributed by atoms with Crippen molar-refractivity contribution in [3.8, 4) is 0 Å². The minimum absolute atomic E-state index is 0. The predicted octanol–water partition coefficient (Wildman–Crippen LogP) is 1.44. The van der Waals surface area contributed by atoms with Gasteiger partial charge in [0.05, 0.1) is 13.5 Å². The molecule has 0 aromatic rings. The molecule has 0 bridgehead atoms. The van der Waals surface area contributed by atoms with Crippen molar-refractivity contribution >= 4 is 18.4 Å². The van der Waals surface area contributed by atoms with Gasteiger partial charge in [-0.25, -0.2) is 0 Å². The third-order valence-corrected chi connectivity index (χ3v) is 4.17. The summed E-state index contributed by atoms with van der Waals surface area (Å²) in [7, 11) is 1.48. The number of rotatable bonds is 4. The largest absolute Gasteiger partial charge is 0.469 e. The number of ether oxygens (including phenoxy) is 1. The Balaban J connectivity index is 0.00000162. The normalized spacial score (nSPS) is 32.2. The summed E-state index contributed by atoms with van der Waals surface area (Å²) in [6, 6.07) is 0.403. The maximum Gasteiger partial charge on any atom is 0.307 e. The van der Waals surface area contributed by atoms with Crippen molar-refractivity contribution in [1.29, 1.82) is 0 Å². The van der Waals surface area contributed by atoms with Crippen LogP contribution in [0.15, 0.2) is 0 Å².